The smallest absolute Gasteiger partial charge is 0.311 e. The minimum Gasteiger partial charge on any atom is -0.497 e. The van der Waals surface area contributed by atoms with Crippen LogP contribution in [0.25, 0.3) is 0 Å². The fraction of sp³-hybridized carbons (Fsp3) is 0.286. The van der Waals surface area contributed by atoms with E-state index in [4.69, 9.17) is 18.9 Å². The maximum atomic E-state index is 12.0. The lowest BCUT2D eigenvalue weighted by Gasteiger charge is -2.15. The molecular weight excluding hydrogens is 448 g/mol. The van der Waals surface area contributed by atoms with Gasteiger partial charge < -0.3 is 24.1 Å². The topological polar surface area (TPSA) is 91.3 Å². The van der Waals surface area contributed by atoms with Crippen LogP contribution in [-0.2, 0) is 27.2 Å². The van der Waals surface area contributed by atoms with E-state index in [1.807, 2.05) is 36.4 Å². The van der Waals surface area contributed by atoms with Gasteiger partial charge in [-0.15, -0.1) is 0 Å². The second kappa shape index (κ2) is 12.5. The van der Waals surface area contributed by atoms with E-state index in [1.165, 1.54) is 0 Å². The fourth-order valence-corrected chi connectivity index (χ4v) is 3.68. The number of aliphatic carboxylic acids is 1. The third-order valence-corrected chi connectivity index (χ3v) is 5.51. The van der Waals surface area contributed by atoms with Gasteiger partial charge in [0.15, 0.2) is 0 Å². The SMILES string of the molecule is CCOC(=O)CCc1ccc(Oc2ccc(C(Cc3cc(OC)cc(OC)c3)C(=O)O)cc2)cc1. The van der Waals surface area contributed by atoms with Crippen molar-refractivity contribution in [2.75, 3.05) is 20.8 Å². The summed E-state index contributed by atoms with van der Waals surface area (Å²) in [6.07, 6.45) is 1.22. The molecule has 0 saturated heterocycles. The Morgan fingerprint density at radius 2 is 1.37 bits per heavy atom. The number of hydrogen-bond acceptors (Lipinski definition) is 6. The van der Waals surface area contributed by atoms with E-state index in [9.17, 15) is 14.7 Å². The number of methoxy groups -OCH3 is 2. The average Bonchev–Trinajstić information content (AvgIpc) is 2.87. The Labute approximate surface area is 205 Å². The second-order valence-electron chi connectivity index (χ2n) is 7.94. The van der Waals surface area contributed by atoms with E-state index >= 15 is 0 Å². The van der Waals surface area contributed by atoms with Gasteiger partial charge in [0.1, 0.15) is 23.0 Å². The molecule has 0 heterocycles. The summed E-state index contributed by atoms with van der Waals surface area (Å²) in [5.41, 5.74) is 2.48. The minimum absolute atomic E-state index is 0.210. The third kappa shape index (κ3) is 7.50. The first kappa shape index (κ1) is 25.6. The maximum absolute atomic E-state index is 12.0. The first-order valence-corrected chi connectivity index (χ1v) is 11.4. The van der Waals surface area contributed by atoms with Crippen molar-refractivity contribution in [2.24, 2.45) is 0 Å². The van der Waals surface area contributed by atoms with E-state index in [0.29, 0.717) is 48.0 Å². The zero-order valence-electron chi connectivity index (χ0n) is 20.2. The summed E-state index contributed by atoms with van der Waals surface area (Å²) in [5.74, 6) is 0.603. The summed E-state index contributed by atoms with van der Waals surface area (Å²) in [6.45, 7) is 2.17. The molecule has 0 aliphatic heterocycles. The molecule has 0 bridgehead atoms. The molecule has 184 valence electrons. The molecule has 0 amide bonds. The Bertz CT molecular complexity index is 1100. The van der Waals surface area contributed by atoms with Gasteiger partial charge >= 0.3 is 11.9 Å². The van der Waals surface area contributed by atoms with Gasteiger partial charge in [0.25, 0.3) is 0 Å². The summed E-state index contributed by atoms with van der Waals surface area (Å²) in [4.78, 5) is 23.5. The molecule has 0 aliphatic rings. The van der Waals surface area contributed by atoms with Crippen molar-refractivity contribution >= 4 is 11.9 Å². The maximum Gasteiger partial charge on any atom is 0.311 e. The lowest BCUT2D eigenvalue weighted by molar-refractivity contribution is -0.143. The van der Waals surface area contributed by atoms with E-state index in [-0.39, 0.29) is 12.4 Å². The van der Waals surface area contributed by atoms with Gasteiger partial charge in [-0.05, 0) is 72.9 Å². The number of carboxylic acid groups (broad SMARTS) is 1. The fourth-order valence-electron chi connectivity index (χ4n) is 3.68. The largest absolute Gasteiger partial charge is 0.497 e. The summed E-state index contributed by atoms with van der Waals surface area (Å²) in [6, 6.07) is 19.9. The number of rotatable bonds is 12. The molecule has 7 nitrogen and oxygen atoms in total. The highest BCUT2D eigenvalue weighted by Crippen LogP contribution is 2.30. The molecule has 0 fully saturated rings. The van der Waals surface area contributed by atoms with Crippen LogP contribution in [0.3, 0.4) is 0 Å². The zero-order chi connectivity index (χ0) is 25.2. The number of carbonyl (C=O) groups excluding carboxylic acids is 1. The quantitative estimate of drug-likeness (QED) is 0.348. The van der Waals surface area contributed by atoms with Crippen molar-refractivity contribution in [1.82, 2.24) is 0 Å². The van der Waals surface area contributed by atoms with E-state index in [0.717, 1.165) is 11.1 Å². The van der Waals surface area contributed by atoms with Crippen LogP contribution in [0, 0.1) is 0 Å². The van der Waals surface area contributed by atoms with Crippen molar-refractivity contribution in [2.45, 2.75) is 32.1 Å². The van der Waals surface area contributed by atoms with Gasteiger partial charge in [0, 0.05) is 12.5 Å². The molecule has 0 radical (unpaired) electrons. The first-order chi connectivity index (χ1) is 16.9. The van der Waals surface area contributed by atoms with Crippen LogP contribution in [0.4, 0.5) is 0 Å². The molecular formula is C28H30O7. The molecule has 0 aliphatic carbocycles. The van der Waals surface area contributed by atoms with Gasteiger partial charge in [0.05, 0.1) is 26.7 Å². The average molecular weight is 479 g/mol. The van der Waals surface area contributed by atoms with Crippen molar-refractivity contribution < 1.29 is 33.6 Å². The van der Waals surface area contributed by atoms with Gasteiger partial charge in [-0.25, -0.2) is 0 Å². The summed E-state index contributed by atoms with van der Waals surface area (Å²) >= 11 is 0. The molecule has 1 atom stereocenters. The zero-order valence-corrected chi connectivity index (χ0v) is 20.2. The van der Waals surface area contributed by atoms with Crippen molar-refractivity contribution in [3.05, 3.63) is 83.4 Å². The molecule has 0 saturated carbocycles. The first-order valence-electron chi connectivity index (χ1n) is 11.4. The van der Waals surface area contributed by atoms with E-state index in [1.54, 1.807) is 51.5 Å². The molecule has 35 heavy (non-hydrogen) atoms. The van der Waals surface area contributed by atoms with Crippen LogP contribution in [0.1, 0.15) is 36.0 Å². The Morgan fingerprint density at radius 3 is 1.89 bits per heavy atom. The predicted octanol–water partition coefficient (Wildman–Crippen LogP) is 5.40. The third-order valence-electron chi connectivity index (χ3n) is 5.51. The Kier molecular flexibility index (Phi) is 9.12. The van der Waals surface area contributed by atoms with Crippen LogP contribution in [0.5, 0.6) is 23.0 Å². The van der Waals surface area contributed by atoms with Gasteiger partial charge in [0.2, 0.25) is 0 Å². The van der Waals surface area contributed by atoms with Crippen LogP contribution in [0.15, 0.2) is 66.7 Å². The number of carbonyl (C=O) groups is 2. The highest BCUT2D eigenvalue weighted by atomic mass is 16.5. The number of aryl methyl sites for hydroxylation is 1. The summed E-state index contributed by atoms with van der Waals surface area (Å²) in [7, 11) is 3.12. The number of esters is 1. The molecule has 3 aromatic carbocycles. The van der Waals surface area contributed by atoms with Crippen molar-refractivity contribution in [3.8, 4) is 23.0 Å². The molecule has 1 unspecified atom stereocenters. The van der Waals surface area contributed by atoms with Gasteiger partial charge in [-0.2, -0.15) is 0 Å². The Balaban J connectivity index is 1.65. The standard InChI is InChI=1S/C28H30O7/c1-4-34-27(29)14-7-19-5-10-22(11-6-19)35-23-12-8-21(9-13-23)26(28(30)31)17-20-15-24(32-2)18-25(16-20)33-3/h5-6,8-13,15-16,18,26H,4,7,14,17H2,1-3H3,(H,30,31). The van der Waals surface area contributed by atoms with E-state index in [2.05, 4.69) is 0 Å². The van der Waals surface area contributed by atoms with Crippen LogP contribution >= 0.6 is 0 Å². The lowest BCUT2D eigenvalue weighted by atomic mass is 9.92. The van der Waals surface area contributed by atoms with Crippen molar-refractivity contribution in [1.29, 1.82) is 0 Å². The van der Waals surface area contributed by atoms with Crippen LogP contribution < -0.4 is 14.2 Å². The van der Waals surface area contributed by atoms with Gasteiger partial charge in [-0.1, -0.05) is 24.3 Å². The highest BCUT2D eigenvalue weighted by Gasteiger charge is 2.21. The Morgan fingerprint density at radius 1 is 0.800 bits per heavy atom. The second-order valence-corrected chi connectivity index (χ2v) is 7.94. The molecule has 3 aromatic rings. The molecule has 0 aromatic heterocycles. The molecule has 0 spiro atoms. The minimum atomic E-state index is -0.918. The lowest BCUT2D eigenvalue weighted by Crippen LogP contribution is -2.14. The normalized spacial score (nSPS) is 11.4. The van der Waals surface area contributed by atoms with Crippen molar-refractivity contribution in [3.63, 3.8) is 0 Å². The van der Waals surface area contributed by atoms with Crippen LogP contribution in [0.2, 0.25) is 0 Å². The summed E-state index contributed by atoms with van der Waals surface area (Å²) in [5, 5.41) is 9.86. The molecule has 1 N–H and O–H groups in total. The van der Waals surface area contributed by atoms with Gasteiger partial charge in [-0.3, -0.25) is 9.59 Å². The summed E-state index contributed by atoms with van der Waals surface area (Å²) < 4.78 is 21.4. The highest BCUT2D eigenvalue weighted by molar-refractivity contribution is 5.76. The Hall–Kier alpha value is -4.00. The van der Waals surface area contributed by atoms with Crippen LogP contribution in [-0.4, -0.2) is 37.9 Å². The molecule has 3 rings (SSSR count). The van der Waals surface area contributed by atoms with E-state index < -0.39 is 11.9 Å². The monoisotopic (exact) mass is 478 g/mol. The number of ether oxygens (including phenoxy) is 4. The number of hydrogen-bond donors (Lipinski definition) is 1. The number of benzene rings is 3. The predicted molar refractivity (Wildman–Crippen MR) is 132 cm³/mol. The number of carboxylic acids is 1. The molecule has 7 heteroatoms.